The van der Waals surface area contributed by atoms with Gasteiger partial charge in [-0.25, -0.2) is 0 Å². The maximum Gasteiger partial charge on any atom is 0.229 e. The van der Waals surface area contributed by atoms with Gasteiger partial charge in [0.15, 0.2) is 0 Å². The van der Waals surface area contributed by atoms with Crippen molar-refractivity contribution < 1.29 is 4.79 Å². The number of rotatable bonds is 1. The molecule has 0 atom stereocenters. The Morgan fingerprint density at radius 3 is 2.60 bits per heavy atom. The normalized spacial score (nSPS) is 9.20. The molecule has 0 saturated carbocycles. The maximum atomic E-state index is 10.4. The zero-order valence-electron chi connectivity index (χ0n) is 7.68. The van der Waals surface area contributed by atoms with Crippen molar-refractivity contribution in [2.24, 2.45) is 5.73 Å². The molecule has 0 aliphatic carbocycles. The summed E-state index contributed by atoms with van der Waals surface area (Å²) < 4.78 is 0. The van der Waals surface area contributed by atoms with Crippen molar-refractivity contribution in [2.45, 2.75) is 6.42 Å². The van der Waals surface area contributed by atoms with E-state index in [0.717, 1.165) is 0 Å². The number of amides is 1. The lowest BCUT2D eigenvalue weighted by molar-refractivity contribution is -0.117. The molecule has 0 saturated heterocycles. The monoisotopic (exact) mass is 242 g/mol. The summed E-state index contributed by atoms with van der Waals surface area (Å²) in [4.78, 5) is 10.4. The van der Waals surface area contributed by atoms with E-state index in [1.54, 1.807) is 6.07 Å². The van der Waals surface area contributed by atoms with Gasteiger partial charge in [-0.15, -0.1) is 0 Å². The van der Waals surface area contributed by atoms with E-state index in [4.69, 9.17) is 34.7 Å². The van der Waals surface area contributed by atoms with Gasteiger partial charge < -0.3 is 11.5 Å². The van der Waals surface area contributed by atoms with E-state index in [9.17, 15) is 4.79 Å². The van der Waals surface area contributed by atoms with Crippen LogP contribution in [0.5, 0.6) is 0 Å². The quantitative estimate of drug-likeness (QED) is 0.583. The second-order valence-corrected chi connectivity index (χ2v) is 3.61. The van der Waals surface area contributed by atoms with Gasteiger partial charge in [-0.2, -0.15) is 0 Å². The van der Waals surface area contributed by atoms with Crippen molar-refractivity contribution in [2.75, 3.05) is 5.73 Å². The number of nitrogen functional groups attached to an aromatic ring is 1. The van der Waals surface area contributed by atoms with Gasteiger partial charge in [0.25, 0.3) is 0 Å². The van der Waals surface area contributed by atoms with Crippen LogP contribution in [-0.2, 0) is 4.79 Å². The lowest BCUT2D eigenvalue weighted by Crippen LogP contribution is -2.08. The number of carbonyl (C=O) groups is 1. The molecular formula is C10H8Cl2N2O. The van der Waals surface area contributed by atoms with Crippen molar-refractivity contribution in [3.05, 3.63) is 27.7 Å². The van der Waals surface area contributed by atoms with Crippen LogP contribution in [-0.4, -0.2) is 5.91 Å². The van der Waals surface area contributed by atoms with Gasteiger partial charge in [0.2, 0.25) is 5.91 Å². The highest BCUT2D eigenvalue weighted by Crippen LogP contribution is 2.26. The third-order valence-electron chi connectivity index (χ3n) is 1.57. The second-order valence-electron chi connectivity index (χ2n) is 2.80. The lowest BCUT2D eigenvalue weighted by Gasteiger charge is -2.00. The summed E-state index contributed by atoms with van der Waals surface area (Å²) in [5.41, 5.74) is 11.4. The molecule has 1 rings (SSSR count). The average Bonchev–Trinajstić information content (AvgIpc) is 2.13. The summed E-state index contributed by atoms with van der Waals surface area (Å²) in [5, 5.41) is 0.775. The van der Waals surface area contributed by atoms with Crippen LogP contribution in [0.2, 0.25) is 10.0 Å². The van der Waals surface area contributed by atoms with Gasteiger partial charge >= 0.3 is 0 Å². The fourth-order valence-electron chi connectivity index (χ4n) is 0.885. The van der Waals surface area contributed by atoms with Crippen LogP contribution in [0.1, 0.15) is 12.0 Å². The first-order chi connectivity index (χ1) is 7.00. The molecule has 0 unspecified atom stereocenters. The van der Waals surface area contributed by atoms with Crippen LogP contribution in [0.25, 0.3) is 0 Å². The molecule has 0 aliphatic rings. The number of hydrogen-bond acceptors (Lipinski definition) is 2. The Kier molecular flexibility index (Phi) is 3.84. The fraction of sp³-hybridized carbons (Fsp3) is 0.100. The first kappa shape index (κ1) is 11.7. The van der Waals surface area contributed by atoms with Crippen LogP contribution < -0.4 is 11.5 Å². The van der Waals surface area contributed by atoms with Gasteiger partial charge in [-0.1, -0.05) is 35.0 Å². The number of halogens is 2. The molecule has 1 aromatic carbocycles. The minimum absolute atomic E-state index is 0.0156. The van der Waals surface area contributed by atoms with E-state index in [-0.39, 0.29) is 6.42 Å². The number of primary amides is 1. The third kappa shape index (κ3) is 3.35. The molecule has 0 aromatic heterocycles. The van der Waals surface area contributed by atoms with Gasteiger partial charge in [-0.05, 0) is 12.1 Å². The largest absolute Gasteiger partial charge is 0.397 e. The zero-order chi connectivity index (χ0) is 11.4. The summed E-state index contributed by atoms with van der Waals surface area (Å²) in [6.45, 7) is 0. The molecule has 0 bridgehead atoms. The Hall–Kier alpha value is -1.37. The standard InChI is InChI=1S/C10H8Cl2N2O/c11-7-5-9(13)8(12)4-6(7)2-1-3-10(14)15/h4-5H,3,13H2,(H2,14,15). The van der Waals surface area contributed by atoms with Gasteiger partial charge in [-0.3, -0.25) is 4.79 Å². The molecule has 78 valence electrons. The first-order valence-corrected chi connectivity index (χ1v) is 4.78. The molecule has 0 spiro atoms. The topological polar surface area (TPSA) is 69.1 Å². The highest BCUT2D eigenvalue weighted by atomic mass is 35.5. The number of nitrogens with two attached hydrogens (primary N) is 2. The Balaban J connectivity index is 2.98. The van der Waals surface area contributed by atoms with E-state index in [2.05, 4.69) is 11.8 Å². The lowest BCUT2D eigenvalue weighted by atomic mass is 10.2. The van der Waals surface area contributed by atoms with E-state index in [1.165, 1.54) is 6.07 Å². The minimum Gasteiger partial charge on any atom is -0.397 e. The summed E-state index contributed by atoms with van der Waals surface area (Å²) in [6.07, 6.45) is -0.0156. The molecule has 0 aliphatic heterocycles. The molecule has 1 amide bonds. The number of carbonyl (C=O) groups excluding carboxylic acids is 1. The molecule has 0 radical (unpaired) electrons. The van der Waals surface area contributed by atoms with Gasteiger partial charge in [0.1, 0.15) is 0 Å². The van der Waals surface area contributed by atoms with Crippen molar-refractivity contribution >= 4 is 34.8 Å². The molecular weight excluding hydrogens is 235 g/mol. The highest BCUT2D eigenvalue weighted by Gasteiger charge is 2.02. The van der Waals surface area contributed by atoms with E-state index in [1.807, 2.05) is 0 Å². The number of anilines is 1. The maximum absolute atomic E-state index is 10.4. The van der Waals surface area contributed by atoms with Crippen molar-refractivity contribution in [1.29, 1.82) is 0 Å². The van der Waals surface area contributed by atoms with Crippen LogP contribution in [0, 0.1) is 11.8 Å². The SMILES string of the molecule is NC(=O)CC#Cc1cc(Cl)c(N)cc1Cl. The van der Waals surface area contributed by atoms with Crippen LogP contribution >= 0.6 is 23.2 Å². The number of hydrogen-bond donors (Lipinski definition) is 2. The third-order valence-corrected chi connectivity index (χ3v) is 2.21. The first-order valence-electron chi connectivity index (χ1n) is 4.02. The Labute approximate surface area is 97.3 Å². The molecule has 4 N–H and O–H groups in total. The summed E-state index contributed by atoms with van der Waals surface area (Å²) in [7, 11) is 0. The predicted octanol–water partition coefficient (Wildman–Crippen LogP) is 1.80. The smallest absolute Gasteiger partial charge is 0.229 e. The molecule has 5 heteroatoms. The average molecular weight is 243 g/mol. The fourth-order valence-corrected chi connectivity index (χ4v) is 1.27. The molecule has 0 heterocycles. The predicted molar refractivity (Wildman–Crippen MR) is 61.6 cm³/mol. The molecule has 15 heavy (non-hydrogen) atoms. The van der Waals surface area contributed by atoms with E-state index in [0.29, 0.717) is 21.3 Å². The molecule has 0 fully saturated rings. The zero-order valence-corrected chi connectivity index (χ0v) is 9.19. The van der Waals surface area contributed by atoms with Crippen molar-refractivity contribution in [3.63, 3.8) is 0 Å². The Morgan fingerprint density at radius 2 is 2.00 bits per heavy atom. The van der Waals surface area contributed by atoms with Crippen LogP contribution in [0.3, 0.4) is 0 Å². The molecule has 3 nitrogen and oxygen atoms in total. The van der Waals surface area contributed by atoms with Crippen LogP contribution in [0.4, 0.5) is 5.69 Å². The summed E-state index contributed by atoms with van der Waals surface area (Å²) in [6, 6.07) is 3.06. The Morgan fingerprint density at radius 1 is 1.33 bits per heavy atom. The van der Waals surface area contributed by atoms with E-state index < -0.39 is 5.91 Å². The highest BCUT2D eigenvalue weighted by molar-refractivity contribution is 6.35. The van der Waals surface area contributed by atoms with E-state index >= 15 is 0 Å². The van der Waals surface area contributed by atoms with Crippen molar-refractivity contribution in [3.8, 4) is 11.8 Å². The number of benzene rings is 1. The van der Waals surface area contributed by atoms with Gasteiger partial charge in [0, 0.05) is 5.56 Å². The van der Waals surface area contributed by atoms with Crippen molar-refractivity contribution in [1.82, 2.24) is 0 Å². The van der Waals surface area contributed by atoms with Gasteiger partial charge in [0.05, 0.1) is 22.2 Å². The summed E-state index contributed by atoms with van der Waals surface area (Å²) >= 11 is 11.6. The minimum atomic E-state index is -0.486. The van der Waals surface area contributed by atoms with Crippen LogP contribution in [0.15, 0.2) is 12.1 Å². The molecule has 1 aromatic rings. The second kappa shape index (κ2) is 4.92. The summed E-state index contributed by atoms with van der Waals surface area (Å²) in [5.74, 6) is 4.78. The Bertz CT molecular complexity index is 460.